The Morgan fingerprint density at radius 2 is 1.85 bits per heavy atom. The molecule has 1 amide bonds. The molecule has 4 heterocycles. The van der Waals surface area contributed by atoms with Crippen LogP contribution < -0.4 is 9.46 Å². The number of rotatable bonds is 7. The number of ether oxygens (including phenoxy) is 1. The fourth-order valence-electron chi connectivity index (χ4n) is 4.60. The van der Waals surface area contributed by atoms with E-state index in [0.29, 0.717) is 30.9 Å². The predicted octanol–water partition coefficient (Wildman–Crippen LogP) is 2.63. The van der Waals surface area contributed by atoms with Gasteiger partial charge in [0.25, 0.3) is 15.9 Å². The molecule has 0 saturated carbocycles. The Hall–Kier alpha value is -4.26. The van der Waals surface area contributed by atoms with Gasteiger partial charge in [-0.05, 0) is 38.0 Å². The van der Waals surface area contributed by atoms with Crippen LogP contribution in [-0.2, 0) is 24.1 Å². The summed E-state index contributed by atoms with van der Waals surface area (Å²) < 4.78 is 37.7. The van der Waals surface area contributed by atoms with Gasteiger partial charge in [-0.3, -0.25) is 14.2 Å². The number of hydrogen-bond acceptors (Lipinski definition) is 8. The number of carbonyl (C=O) groups excluding carboxylic acids is 1. The zero-order valence-electron chi connectivity index (χ0n) is 22.4. The predicted molar refractivity (Wildman–Crippen MR) is 144 cm³/mol. The van der Waals surface area contributed by atoms with Crippen molar-refractivity contribution in [3.63, 3.8) is 0 Å². The van der Waals surface area contributed by atoms with Gasteiger partial charge in [0.1, 0.15) is 11.0 Å². The van der Waals surface area contributed by atoms with Gasteiger partial charge >= 0.3 is 0 Å². The van der Waals surface area contributed by atoms with E-state index in [0.717, 1.165) is 22.4 Å². The molecule has 0 radical (unpaired) electrons. The molecule has 1 unspecified atom stereocenters. The van der Waals surface area contributed by atoms with Gasteiger partial charge in [0.2, 0.25) is 11.8 Å². The molecule has 0 aliphatic carbocycles. The average molecular weight is 551 g/mol. The Morgan fingerprint density at radius 3 is 2.49 bits per heavy atom. The maximum Gasteiger partial charge on any atom is 0.274 e. The summed E-state index contributed by atoms with van der Waals surface area (Å²) in [6.45, 7) is 6.68. The van der Waals surface area contributed by atoms with Crippen LogP contribution in [0.4, 0.5) is 5.95 Å². The van der Waals surface area contributed by atoms with Gasteiger partial charge in [0, 0.05) is 50.6 Å². The summed E-state index contributed by atoms with van der Waals surface area (Å²) in [5.41, 5.74) is 4.62. The van der Waals surface area contributed by atoms with Crippen molar-refractivity contribution in [3.8, 4) is 17.1 Å². The minimum Gasteiger partial charge on any atom is -0.472 e. The summed E-state index contributed by atoms with van der Waals surface area (Å²) in [6, 6.07) is 9.34. The smallest absolute Gasteiger partial charge is 0.274 e. The number of aromatic nitrogens is 6. The molecule has 0 spiro atoms. The first kappa shape index (κ1) is 26.4. The number of amides is 1. The largest absolute Gasteiger partial charge is 0.472 e. The number of nitrogens with one attached hydrogen (secondary N) is 1. The van der Waals surface area contributed by atoms with Crippen LogP contribution in [0, 0.1) is 20.8 Å². The minimum absolute atomic E-state index is 0.0109. The highest BCUT2D eigenvalue weighted by atomic mass is 32.2. The second-order valence-corrected chi connectivity index (χ2v) is 11.4. The first-order chi connectivity index (χ1) is 18.5. The lowest BCUT2D eigenvalue weighted by Crippen LogP contribution is -2.31. The van der Waals surface area contributed by atoms with Crippen molar-refractivity contribution in [2.45, 2.75) is 38.2 Å². The lowest BCUT2D eigenvalue weighted by Gasteiger charge is -2.17. The van der Waals surface area contributed by atoms with Crippen molar-refractivity contribution in [2.24, 2.45) is 14.1 Å². The first-order valence-corrected chi connectivity index (χ1v) is 13.9. The lowest BCUT2D eigenvalue weighted by atomic mass is 10.00. The van der Waals surface area contributed by atoms with Crippen LogP contribution in [0.1, 0.15) is 33.7 Å². The van der Waals surface area contributed by atoms with Crippen molar-refractivity contribution >= 4 is 21.9 Å². The van der Waals surface area contributed by atoms with E-state index in [2.05, 4.69) is 24.9 Å². The Morgan fingerprint density at radius 1 is 1.10 bits per heavy atom. The average Bonchev–Trinajstić information content (AvgIpc) is 3.59. The standard InChI is InChI=1S/C26H30N8O4S/c1-16-7-6-8-17(2)24(16)21-12-23(29-26(28-21)31-39(36,37)20-13-27-32(4)15-20)38-19-9-10-34(14-19)25(35)22-11-18(3)33(5)30-22/h6-8,11-13,15,19H,9-10,14H2,1-5H3,(H,28,29,31). The van der Waals surface area contributed by atoms with Gasteiger partial charge in [-0.15, -0.1) is 0 Å². The van der Waals surface area contributed by atoms with Crippen molar-refractivity contribution in [3.05, 3.63) is 65.2 Å². The number of sulfonamides is 1. The number of aryl methyl sites for hydroxylation is 5. The second-order valence-electron chi connectivity index (χ2n) is 9.71. The first-order valence-electron chi connectivity index (χ1n) is 12.4. The highest BCUT2D eigenvalue weighted by molar-refractivity contribution is 7.92. The molecule has 3 aromatic heterocycles. The lowest BCUT2D eigenvalue weighted by molar-refractivity contribution is 0.0764. The van der Waals surface area contributed by atoms with Crippen LogP contribution in [0.25, 0.3) is 11.3 Å². The number of likely N-dealkylation sites (tertiary alicyclic amines) is 1. The molecule has 204 valence electrons. The van der Waals surface area contributed by atoms with Crippen LogP contribution in [0.3, 0.4) is 0 Å². The molecule has 5 rings (SSSR count). The number of carbonyl (C=O) groups is 1. The normalized spacial score (nSPS) is 15.5. The van der Waals surface area contributed by atoms with Gasteiger partial charge in [0.05, 0.1) is 18.4 Å². The monoisotopic (exact) mass is 550 g/mol. The molecular weight excluding hydrogens is 520 g/mol. The third-order valence-electron chi connectivity index (χ3n) is 6.71. The van der Waals surface area contributed by atoms with E-state index in [1.165, 1.54) is 17.1 Å². The topological polar surface area (TPSA) is 137 Å². The molecule has 4 aromatic rings. The zero-order valence-corrected chi connectivity index (χ0v) is 23.2. The molecule has 1 saturated heterocycles. The fraction of sp³-hybridized carbons (Fsp3) is 0.346. The van der Waals surface area contributed by atoms with Gasteiger partial charge in [-0.25, -0.2) is 18.1 Å². The molecule has 1 N–H and O–H groups in total. The van der Waals surface area contributed by atoms with Gasteiger partial charge in [0.15, 0.2) is 5.69 Å². The number of nitrogens with zero attached hydrogens (tertiary/aromatic N) is 7. The number of hydrogen-bond donors (Lipinski definition) is 1. The van der Waals surface area contributed by atoms with E-state index in [-0.39, 0.29) is 28.7 Å². The van der Waals surface area contributed by atoms with E-state index in [1.807, 2.05) is 39.0 Å². The summed E-state index contributed by atoms with van der Waals surface area (Å²) in [5, 5.41) is 8.23. The molecule has 0 bridgehead atoms. The van der Waals surface area contributed by atoms with E-state index in [9.17, 15) is 13.2 Å². The van der Waals surface area contributed by atoms with Gasteiger partial charge < -0.3 is 9.64 Å². The third kappa shape index (κ3) is 5.48. The maximum atomic E-state index is 13.0. The van der Waals surface area contributed by atoms with E-state index < -0.39 is 10.0 Å². The van der Waals surface area contributed by atoms with Crippen LogP contribution in [0.5, 0.6) is 5.88 Å². The molecule has 1 aromatic carbocycles. The zero-order chi connectivity index (χ0) is 27.9. The van der Waals surface area contributed by atoms with Crippen LogP contribution in [0.2, 0.25) is 0 Å². The summed E-state index contributed by atoms with van der Waals surface area (Å²) >= 11 is 0. The highest BCUT2D eigenvalue weighted by Gasteiger charge is 2.30. The van der Waals surface area contributed by atoms with Crippen molar-refractivity contribution in [2.75, 3.05) is 17.8 Å². The molecule has 1 atom stereocenters. The van der Waals surface area contributed by atoms with Crippen LogP contribution in [-0.4, -0.2) is 67.9 Å². The van der Waals surface area contributed by atoms with Crippen LogP contribution in [0.15, 0.2) is 47.6 Å². The molecule has 12 nitrogen and oxygen atoms in total. The Labute approximate surface area is 226 Å². The summed E-state index contributed by atoms with van der Waals surface area (Å²) in [4.78, 5) is 23.5. The Kier molecular flexibility index (Phi) is 6.85. The Balaban J connectivity index is 1.43. The summed E-state index contributed by atoms with van der Waals surface area (Å²) in [6.07, 6.45) is 2.91. The quantitative estimate of drug-likeness (QED) is 0.371. The number of anilines is 1. The van der Waals surface area contributed by atoms with Gasteiger partial charge in [-0.2, -0.15) is 15.2 Å². The molecule has 13 heteroatoms. The molecule has 39 heavy (non-hydrogen) atoms. The summed E-state index contributed by atoms with van der Waals surface area (Å²) in [5.74, 6) is -0.0722. The molecule has 1 aliphatic heterocycles. The van der Waals surface area contributed by atoms with Gasteiger partial charge in [-0.1, -0.05) is 18.2 Å². The SMILES string of the molecule is Cc1cccc(C)c1-c1cc(OC2CCN(C(=O)c3cc(C)n(C)n3)C2)nc(NS(=O)(=O)c2cnn(C)c2)n1. The highest BCUT2D eigenvalue weighted by Crippen LogP contribution is 2.30. The maximum absolute atomic E-state index is 13.0. The fourth-order valence-corrected chi connectivity index (χ4v) is 5.53. The van der Waals surface area contributed by atoms with Crippen molar-refractivity contribution in [1.29, 1.82) is 0 Å². The molecule has 1 fully saturated rings. The van der Waals surface area contributed by atoms with Crippen molar-refractivity contribution in [1.82, 2.24) is 34.4 Å². The third-order valence-corrected chi connectivity index (χ3v) is 7.99. The van der Waals surface area contributed by atoms with E-state index in [4.69, 9.17) is 4.74 Å². The van der Waals surface area contributed by atoms with Crippen molar-refractivity contribution < 1.29 is 17.9 Å². The second kappa shape index (κ2) is 10.1. The van der Waals surface area contributed by atoms with E-state index in [1.54, 1.807) is 35.8 Å². The molecule has 1 aliphatic rings. The Bertz CT molecular complexity index is 1620. The number of benzene rings is 1. The summed E-state index contributed by atoms with van der Waals surface area (Å²) in [7, 11) is -0.554. The van der Waals surface area contributed by atoms with Crippen LogP contribution >= 0.6 is 0 Å². The minimum atomic E-state index is -3.98. The molecular formula is C26H30N8O4S. The van der Waals surface area contributed by atoms with E-state index >= 15 is 0 Å².